The van der Waals surface area contributed by atoms with Crippen LogP contribution in [0.2, 0.25) is 0 Å². The molecular weight excluding hydrogens is 317 g/mol. The Morgan fingerprint density at radius 3 is 2.79 bits per heavy atom. The van der Waals surface area contributed by atoms with Crippen molar-refractivity contribution in [3.05, 3.63) is 34.1 Å². The van der Waals surface area contributed by atoms with E-state index in [1.54, 1.807) is 6.07 Å². The molecule has 1 saturated heterocycles. The van der Waals surface area contributed by atoms with Crippen LogP contribution in [-0.2, 0) is 4.79 Å². The summed E-state index contributed by atoms with van der Waals surface area (Å²) in [6, 6.07) is 3.56. The molecule has 0 saturated carbocycles. The standard InChI is InChI=1S/C13H13BrFNO3/c14-9-5-3-4-8(11(9)15)12(17)16-7-2-1-6-10(16)13(18)19/h3-5,10H,1-2,6-7H2,(H,18,19)/t10-/m0/s1. The van der Waals surface area contributed by atoms with E-state index in [9.17, 15) is 14.0 Å². The van der Waals surface area contributed by atoms with Gasteiger partial charge in [-0.25, -0.2) is 9.18 Å². The van der Waals surface area contributed by atoms with E-state index in [0.29, 0.717) is 13.0 Å². The van der Waals surface area contributed by atoms with Gasteiger partial charge < -0.3 is 10.0 Å². The van der Waals surface area contributed by atoms with Crippen LogP contribution in [0.1, 0.15) is 29.6 Å². The fraction of sp³-hybridized carbons (Fsp3) is 0.385. The van der Waals surface area contributed by atoms with Crippen molar-refractivity contribution in [2.24, 2.45) is 0 Å². The first-order valence-corrected chi connectivity index (χ1v) is 6.79. The number of carbonyl (C=O) groups is 2. The Kier molecular flexibility index (Phi) is 4.19. The van der Waals surface area contributed by atoms with Crippen molar-refractivity contribution in [3.8, 4) is 0 Å². The summed E-state index contributed by atoms with van der Waals surface area (Å²) < 4.78 is 14.1. The first-order valence-electron chi connectivity index (χ1n) is 6.00. The highest BCUT2D eigenvalue weighted by atomic mass is 79.9. The average Bonchev–Trinajstić information content (AvgIpc) is 2.41. The number of piperidine rings is 1. The van der Waals surface area contributed by atoms with Gasteiger partial charge in [0.2, 0.25) is 0 Å². The van der Waals surface area contributed by atoms with Crippen molar-refractivity contribution in [1.29, 1.82) is 0 Å². The first kappa shape index (κ1) is 14.0. The van der Waals surface area contributed by atoms with Gasteiger partial charge in [0, 0.05) is 6.54 Å². The SMILES string of the molecule is O=C(O)[C@@H]1CCCCN1C(=O)c1cccc(Br)c1F. The van der Waals surface area contributed by atoms with Gasteiger partial charge in [-0.05, 0) is 47.3 Å². The van der Waals surface area contributed by atoms with Gasteiger partial charge >= 0.3 is 5.97 Å². The highest BCUT2D eigenvalue weighted by molar-refractivity contribution is 9.10. The van der Waals surface area contributed by atoms with Crippen LogP contribution in [0, 0.1) is 5.82 Å². The quantitative estimate of drug-likeness (QED) is 0.907. The van der Waals surface area contributed by atoms with Crippen LogP contribution in [0.25, 0.3) is 0 Å². The number of benzene rings is 1. The van der Waals surface area contributed by atoms with Gasteiger partial charge in [-0.15, -0.1) is 0 Å². The Bertz CT molecular complexity index is 521. The van der Waals surface area contributed by atoms with E-state index in [2.05, 4.69) is 15.9 Å². The number of hydrogen-bond donors (Lipinski definition) is 1. The van der Waals surface area contributed by atoms with Gasteiger partial charge in [0.1, 0.15) is 11.9 Å². The summed E-state index contributed by atoms with van der Waals surface area (Å²) in [7, 11) is 0. The number of hydrogen-bond acceptors (Lipinski definition) is 2. The molecule has 0 aliphatic carbocycles. The Hall–Kier alpha value is -1.43. The van der Waals surface area contributed by atoms with Gasteiger partial charge in [0.05, 0.1) is 10.0 Å². The zero-order valence-electron chi connectivity index (χ0n) is 10.1. The number of aliphatic carboxylic acids is 1. The summed E-state index contributed by atoms with van der Waals surface area (Å²) in [5.41, 5.74) is -0.0949. The van der Waals surface area contributed by atoms with Crippen molar-refractivity contribution < 1.29 is 19.1 Å². The third kappa shape index (κ3) is 2.78. The number of likely N-dealkylation sites (tertiary alicyclic amines) is 1. The van der Waals surface area contributed by atoms with Crippen LogP contribution in [0.3, 0.4) is 0 Å². The highest BCUT2D eigenvalue weighted by Gasteiger charge is 2.33. The van der Waals surface area contributed by atoms with E-state index in [4.69, 9.17) is 5.11 Å². The minimum absolute atomic E-state index is 0.0949. The molecule has 0 spiro atoms. The molecule has 1 aliphatic rings. The van der Waals surface area contributed by atoms with E-state index in [1.165, 1.54) is 17.0 Å². The summed E-state index contributed by atoms with van der Waals surface area (Å²) in [4.78, 5) is 24.7. The van der Waals surface area contributed by atoms with E-state index < -0.39 is 23.7 Å². The molecule has 0 aromatic heterocycles. The lowest BCUT2D eigenvalue weighted by Gasteiger charge is -2.33. The molecule has 1 N–H and O–H groups in total. The number of rotatable bonds is 2. The zero-order chi connectivity index (χ0) is 14.0. The molecule has 4 nitrogen and oxygen atoms in total. The topological polar surface area (TPSA) is 57.6 Å². The maximum absolute atomic E-state index is 13.9. The van der Waals surface area contributed by atoms with Crippen LogP contribution >= 0.6 is 15.9 Å². The van der Waals surface area contributed by atoms with Crippen molar-refractivity contribution in [2.75, 3.05) is 6.54 Å². The van der Waals surface area contributed by atoms with Crippen LogP contribution in [0.4, 0.5) is 4.39 Å². The van der Waals surface area contributed by atoms with E-state index >= 15 is 0 Å². The Morgan fingerprint density at radius 1 is 1.37 bits per heavy atom. The van der Waals surface area contributed by atoms with E-state index in [1.807, 2.05) is 0 Å². The summed E-state index contributed by atoms with van der Waals surface area (Å²) in [5, 5.41) is 9.13. The molecule has 2 rings (SSSR count). The zero-order valence-corrected chi connectivity index (χ0v) is 11.7. The largest absolute Gasteiger partial charge is 0.480 e. The third-order valence-electron chi connectivity index (χ3n) is 3.23. The molecule has 0 bridgehead atoms. The van der Waals surface area contributed by atoms with Gasteiger partial charge in [0.15, 0.2) is 0 Å². The minimum Gasteiger partial charge on any atom is -0.480 e. The third-order valence-corrected chi connectivity index (χ3v) is 3.84. The molecular formula is C13H13BrFNO3. The van der Waals surface area contributed by atoms with Crippen LogP contribution in [0.5, 0.6) is 0 Å². The number of carbonyl (C=O) groups excluding carboxylic acids is 1. The fourth-order valence-electron chi connectivity index (χ4n) is 2.26. The molecule has 1 atom stereocenters. The van der Waals surface area contributed by atoms with E-state index in [0.717, 1.165) is 12.8 Å². The second-order valence-electron chi connectivity index (χ2n) is 4.45. The molecule has 6 heteroatoms. The highest BCUT2D eigenvalue weighted by Crippen LogP contribution is 2.24. The number of carboxylic acid groups (broad SMARTS) is 1. The smallest absolute Gasteiger partial charge is 0.326 e. The second kappa shape index (κ2) is 5.69. The van der Waals surface area contributed by atoms with Crippen molar-refractivity contribution in [1.82, 2.24) is 4.90 Å². The van der Waals surface area contributed by atoms with Crippen LogP contribution < -0.4 is 0 Å². The van der Waals surface area contributed by atoms with Gasteiger partial charge in [-0.3, -0.25) is 4.79 Å². The number of amides is 1. The summed E-state index contributed by atoms with van der Waals surface area (Å²) >= 11 is 3.02. The maximum Gasteiger partial charge on any atom is 0.326 e. The number of nitrogens with zero attached hydrogens (tertiary/aromatic N) is 1. The van der Waals surface area contributed by atoms with Crippen molar-refractivity contribution in [3.63, 3.8) is 0 Å². The molecule has 0 radical (unpaired) electrons. The molecule has 19 heavy (non-hydrogen) atoms. The second-order valence-corrected chi connectivity index (χ2v) is 5.30. The van der Waals surface area contributed by atoms with Crippen LogP contribution in [0.15, 0.2) is 22.7 Å². The number of carboxylic acids is 1. The maximum atomic E-state index is 13.9. The predicted molar refractivity (Wildman–Crippen MR) is 70.4 cm³/mol. The van der Waals surface area contributed by atoms with Gasteiger partial charge in [-0.1, -0.05) is 6.07 Å². The van der Waals surface area contributed by atoms with Crippen LogP contribution in [-0.4, -0.2) is 34.5 Å². The lowest BCUT2D eigenvalue weighted by Crippen LogP contribution is -2.48. The monoisotopic (exact) mass is 329 g/mol. The molecule has 1 aromatic rings. The first-order chi connectivity index (χ1) is 9.02. The molecule has 102 valence electrons. The Labute approximate surface area is 118 Å². The Balaban J connectivity index is 2.31. The van der Waals surface area contributed by atoms with Gasteiger partial charge in [-0.2, -0.15) is 0 Å². The molecule has 1 heterocycles. The normalized spacial score (nSPS) is 19.3. The minimum atomic E-state index is -1.04. The van der Waals surface area contributed by atoms with Crippen molar-refractivity contribution >= 4 is 27.8 Å². The van der Waals surface area contributed by atoms with Crippen molar-refractivity contribution in [2.45, 2.75) is 25.3 Å². The summed E-state index contributed by atoms with van der Waals surface area (Å²) in [6.45, 7) is 0.349. The Morgan fingerprint density at radius 2 is 2.11 bits per heavy atom. The number of halogens is 2. The molecule has 1 aliphatic heterocycles. The lowest BCUT2D eigenvalue weighted by molar-refractivity contribution is -0.143. The average molecular weight is 330 g/mol. The van der Waals surface area contributed by atoms with Gasteiger partial charge in [0.25, 0.3) is 5.91 Å². The molecule has 0 unspecified atom stereocenters. The van der Waals surface area contributed by atoms with E-state index in [-0.39, 0.29) is 10.0 Å². The summed E-state index contributed by atoms with van der Waals surface area (Å²) in [5.74, 6) is -2.25. The molecule has 1 aromatic carbocycles. The lowest BCUT2D eigenvalue weighted by atomic mass is 10.0. The molecule has 1 fully saturated rings. The summed E-state index contributed by atoms with van der Waals surface area (Å²) in [6.07, 6.45) is 1.92. The fourth-order valence-corrected chi connectivity index (χ4v) is 2.62. The predicted octanol–water partition coefficient (Wildman–Crippen LogP) is 2.67. The molecule has 1 amide bonds.